The molecule has 1 aromatic heterocycles. The zero-order chi connectivity index (χ0) is 18.8. The van der Waals surface area contributed by atoms with Gasteiger partial charge in [0.05, 0.1) is 10.9 Å². The van der Waals surface area contributed by atoms with E-state index in [2.05, 4.69) is 4.98 Å². The van der Waals surface area contributed by atoms with E-state index in [4.69, 9.17) is 0 Å². The Balaban J connectivity index is 1.92. The second-order valence-corrected chi connectivity index (χ2v) is 6.16. The van der Waals surface area contributed by atoms with Crippen molar-refractivity contribution in [3.05, 3.63) is 112 Å². The molecule has 0 unspecified atom stereocenters. The molecule has 0 radical (unpaired) electrons. The maximum Gasteiger partial charge on any atom is 0.268 e. The van der Waals surface area contributed by atoms with Crippen molar-refractivity contribution in [2.75, 3.05) is 0 Å². The summed E-state index contributed by atoms with van der Waals surface area (Å²) in [6.45, 7) is 0. The summed E-state index contributed by atoms with van der Waals surface area (Å²) in [6, 6.07) is 21.5. The Morgan fingerprint density at radius 1 is 0.889 bits per heavy atom. The largest absolute Gasteiger partial charge is 0.268 e. The van der Waals surface area contributed by atoms with E-state index in [0.29, 0.717) is 23.1 Å². The van der Waals surface area contributed by atoms with Crippen molar-refractivity contribution in [2.24, 2.45) is 0 Å². The van der Waals surface area contributed by atoms with Crippen molar-refractivity contribution in [1.82, 2.24) is 9.55 Å². The monoisotopic (exact) mass is 358 g/mol. The first-order valence-corrected chi connectivity index (χ1v) is 8.48. The standard InChI is InChI=1S/C22H15FN2O2/c23-17-12-10-16(11-13-17)21(26)25-20(14-15-6-2-1-3-7-15)24-19-9-5-4-8-18(19)22(25)27/h1-13H,14H2. The second-order valence-electron chi connectivity index (χ2n) is 6.16. The molecule has 0 atom stereocenters. The molecule has 0 aliphatic carbocycles. The smallest absolute Gasteiger partial charge is 0.268 e. The first kappa shape index (κ1) is 16.8. The molecule has 0 amide bonds. The van der Waals surface area contributed by atoms with Gasteiger partial charge in [-0.25, -0.2) is 13.9 Å². The van der Waals surface area contributed by atoms with Crippen molar-refractivity contribution in [3.8, 4) is 0 Å². The maximum absolute atomic E-state index is 13.2. The summed E-state index contributed by atoms with van der Waals surface area (Å²) in [5.41, 5.74) is 1.27. The van der Waals surface area contributed by atoms with Gasteiger partial charge in [0.15, 0.2) is 0 Å². The number of halogens is 1. The van der Waals surface area contributed by atoms with Gasteiger partial charge in [-0.15, -0.1) is 0 Å². The molecule has 0 bridgehead atoms. The number of hydrogen-bond donors (Lipinski definition) is 0. The fourth-order valence-corrected chi connectivity index (χ4v) is 3.01. The van der Waals surface area contributed by atoms with Gasteiger partial charge in [0.2, 0.25) is 0 Å². The van der Waals surface area contributed by atoms with Crippen LogP contribution in [0.2, 0.25) is 0 Å². The first-order valence-electron chi connectivity index (χ1n) is 8.48. The zero-order valence-corrected chi connectivity index (χ0v) is 14.3. The molecule has 4 nitrogen and oxygen atoms in total. The zero-order valence-electron chi connectivity index (χ0n) is 14.3. The summed E-state index contributed by atoms with van der Waals surface area (Å²) in [6.07, 6.45) is 0.327. The van der Waals surface area contributed by atoms with Gasteiger partial charge in [0.1, 0.15) is 11.6 Å². The van der Waals surface area contributed by atoms with Gasteiger partial charge in [-0.3, -0.25) is 9.59 Å². The molecule has 1 heterocycles. The average molecular weight is 358 g/mol. The summed E-state index contributed by atoms with van der Waals surface area (Å²) in [5, 5.41) is 0.366. The predicted octanol–water partition coefficient (Wildman–Crippen LogP) is 3.81. The molecule has 4 rings (SSSR count). The Labute approximate surface area is 154 Å². The van der Waals surface area contributed by atoms with Crippen LogP contribution >= 0.6 is 0 Å². The number of rotatable bonds is 3. The molecule has 27 heavy (non-hydrogen) atoms. The van der Waals surface area contributed by atoms with Crippen LogP contribution in [0.4, 0.5) is 4.39 Å². The van der Waals surface area contributed by atoms with E-state index in [-0.39, 0.29) is 5.56 Å². The third kappa shape index (κ3) is 3.27. The lowest BCUT2D eigenvalue weighted by Crippen LogP contribution is -2.31. The number of aromatic nitrogens is 2. The van der Waals surface area contributed by atoms with Gasteiger partial charge in [0.25, 0.3) is 11.5 Å². The van der Waals surface area contributed by atoms with Crippen LogP contribution in [0.1, 0.15) is 21.7 Å². The summed E-state index contributed by atoms with van der Waals surface area (Å²) in [7, 11) is 0. The fraction of sp³-hybridized carbons (Fsp3) is 0.0455. The predicted molar refractivity (Wildman–Crippen MR) is 101 cm³/mol. The van der Waals surface area contributed by atoms with Crippen LogP contribution in [0, 0.1) is 5.82 Å². The first-order chi connectivity index (χ1) is 13.1. The van der Waals surface area contributed by atoms with E-state index in [9.17, 15) is 14.0 Å². The minimum atomic E-state index is -0.524. The van der Waals surface area contributed by atoms with Gasteiger partial charge in [-0.05, 0) is 42.0 Å². The van der Waals surface area contributed by atoms with E-state index >= 15 is 0 Å². The lowest BCUT2D eigenvalue weighted by Gasteiger charge is -2.12. The minimum Gasteiger partial charge on any atom is -0.268 e. The van der Waals surface area contributed by atoms with Crippen LogP contribution in [-0.4, -0.2) is 15.5 Å². The van der Waals surface area contributed by atoms with E-state index in [0.717, 1.165) is 10.1 Å². The SMILES string of the molecule is O=C(c1ccc(F)cc1)n1c(Cc2ccccc2)nc2ccccc2c1=O. The molecule has 0 aliphatic heterocycles. The van der Waals surface area contributed by atoms with E-state index < -0.39 is 17.3 Å². The molecule has 0 saturated heterocycles. The van der Waals surface area contributed by atoms with Crippen molar-refractivity contribution in [2.45, 2.75) is 6.42 Å². The highest BCUT2D eigenvalue weighted by Crippen LogP contribution is 2.14. The Morgan fingerprint density at radius 2 is 1.56 bits per heavy atom. The van der Waals surface area contributed by atoms with Crippen LogP contribution in [-0.2, 0) is 6.42 Å². The Morgan fingerprint density at radius 3 is 2.30 bits per heavy atom. The number of hydrogen-bond acceptors (Lipinski definition) is 3. The lowest BCUT2D eigenvalue weighted by atomic mass is 10.1. The van der Waals surface area contributed by atoms with Crippen LogP contribution in [0.3, 0.4) is 0 Å². The van der Waals surface area contributed by atoms with Crippen LogP contribution < -0.4 is 5.56 Å². The quantitative estimate of drug-likeness (QED) is 0.559. The van der Waals surface area contributed by atoms with E-state index in [1.54, 1.807) is 24.3 Å². The number of benzene rings is 3. The molecule has 0 fully saturated rings. The molecule has 3 aromatic carbocycles. The molecular weight excluding hydrogens is 343 g/mol. The summed E-state index contributed by atoms with van der Waals surface area (Å²) < 4.78 is 14.3. The summed E-state index contributed by atoms with van der Waals surface area (Å²) in [5.74, 6) is -0.622. The Kier molecular flexibility index (Phi) is 4.34. The summed E-state index contributed by atoms with van der Waals surface area (Å²) in [4.78, 5) is 30.6. The molecule has 0 spiro atoms. The topological polar surface area (TPSA) is 52.0 Å². The summed E-state index contributed by atoms with van der Waals surface area (Å²) >= 11 is 0. The van der Waals surface area contributed by atoms with E-state index in [1.165, 1.54) is 24.3 Å². The third-order valence-corrected chi connectivity index (χ3v) is 4.34. The Hall–Kier alpha value is -3.60. The molecule has 0 N–H and O–H groups in total. The van der Waals surface area contributed by atoms with Crippen molar-refractivity contribution < 1.29 is 9.18 Å². The Bertz CT molecular complexity index is 1180. The highest BCUT2D eigenvalue weighted by atomic mass is 19.1. The molecular formula is C22H15FN2O2. The number of carbonyl (C=O) groups is 1. The number of carbonyl (C=O) groups excluding carboxylic acids is 1. The second kappa shape index (κ2) is 6.96. The van der Waals surface area contributed by atoms with Crippen molar-refractivity contribution >= 4 is 16.8 Å². The third-order valence-electron chi connectivity index (χ3n) is 4.34. The van der Waals surface area contributed by atoms with Gasteiger partial charge in [-0.2, -0.15) is 0 Å². The molecule has 5 heteroatoms. The highest BCUT2D eigenvalue weighted by molar-refractivity contribution is 5.97. The van der Waals surface area contributed by atoms with Crippen LogP contribution in [0.15, 0.2) is 83.7 Å². The van der Waals surface area contributed by atoms with Crippen molar-refractivity contribution in [3.63, 3.8) is 0 Å². The fourth-order valence-electron chi connectivity index (χ4n) is 3.01. The molecule has 0 saturated carbocycles. The van der Waals surface area contributed by atoms with E-state index in [1.807, 2.05) is 30.3 Å². The molecule has 4 aromatic rings. The van der Waals surface area contributed by atoms with Gasteiger partial charge < -0.3 is 0 Å². The maximum atomic E-state index is 13.2. The molecule has 132 valence electrons. The van der Waals surface area contributed by atoms with Gasteiger partial charge >= 0.3 is 0 Å². The number of fused-ring (bicyclic) bond motifs is 1. The molecule has 0 aliphatic rings. The van der Waals surface area contributed by atoms with Gasteiger partial charge in [-0.1, -0.05) is 42.5 Å². The van der Waals surface area contributed by atoms with Gasteiger partial charge in [0, 0.05) is 12.0 Å². The number of nitrogens with zero attached hydrogens (tertiary/aromatic N) is 2. The highest BCUT2D eigenvalue weighted by Gasteiger charge is 2.18. The van der Waals surface area contributed by atoms with Crippen molar-refractivity contribution in [1.29, 1.82) is 0 Å². The minimum absolute atomic E-state index is 0.227. The van der Waals surface area contributed by atoms with Crippen LogP contribution in [0.25, 0.3) is 10.9 Å². The number of para-hydroxylation sites is 1. The normalized spacial score (nSPS) is 10.9. The average Bonchev–Trinajstić information content (AvgIpc) is 2.69. The lowest BCUT2D eigenvalue weighted by molar-refractivity contribution is 0.0952. The van der Waals surface area contributed by atoms with Crippen LogP contribution in [0.5, 0.6) is 0 Å².